The second-order valence-corrected chi connectivity index (χ2v) is 7.93. The van der Waals surface area contributed by atoms with Gasteiger partial charge in [-0.1, -0.05) is 0 Å². The third-order valence-corrected chi connectivity index (χ3v) is 6.18. The summed E-state index contributed by atoms with van der Waals surface area (Å²) >= 11 is 3.42. The van der Waals surface area contributed by atoms with E-state index < -0.39 is 0 Å². The van der Waals surface area contributed by atoms with E-state index in [0.29, 0.717) is 17.2 Å². The number of nitrogens with one attached hydrogen (secondary N) is 1. The van der Waals surface area contributed by atoms with Crippen LogP contribution >= 0.6 is 40.7 Å². The van der Waals surface area contributed by atoms with E-state index in [1.54, 1.807) is 0 Å². The van der Waals surface area contributed by atoms with E-state index in [0.717, 1.165) is 56.0 Å². The number of carbonyl (C=O) groups excluding carboxylic acids is 1. The summed E-state index contributed by atoms with van der Waals surface area (Å²) < 4.78 is 0.996. The fraction of sp³-hybridized carbons (Fsp3) is 0.647. The molecule has 0 radical (unpaired) electrons. The Hall–Kier alpha value is -0.560. The third kappa shape index (κ3) is 4.24. The molecule has 1 spiro atoms. The maximum Gasteiger partial charge on any atom is 0.226 e. The molecule has 1 aromatic heterocycles. The highest BCUT2D eigenvalue weighted by Gasteiger charge is 2.58. The molecule has 3 heterocycles. The summed E-state index contributed by atoms with van der Waals surface area (Å²) in [6.07, 6.45) is 5.29. The van der Waals surface area contributed by atoms with Crippen molar-refractivity contribution in [1.82, 2.24) is 15.2 Å². The van der Waals surface area contributed by atoms with Gasteiger partial charge in [-0.3, -0.25) is 4.79 Å². The number of aromatic nitrogens is 1. The van der Waals surface area contributed by atoms with Gasteiger partial charge in [-0.2, -0.15) is 0 Å². The average Bonchev–Trinajstić information content (AvgIpc) is 3.28. The molecule has 2 saturated heterocycles. The molecule has 3 aliphatic rings. The molecule has 3 fully saturated rings. The van der Waals surface area contributed by atoms with E-state index in [-0.39, 0.29) is 24.8 Å². The number of amides is 1. The van der Waals surface area contributed by atoms with E-state index in [1.165, 1.54) is 12.8 Å². The van der Waals surface area contributed by atoms with Crippen molar-refractivity contribution in [1.29, 1.82) is 0 Å². The predicted molar refractivity (Wildman–Crippen MR) is 108 cm³/mol. The fourth-order valence-electron chi connectivity index (χ4n) is 4.11. The van der Waals surface area contributed by atoms with Crippen molar-refractivity contribution in [3.63, 3.8) is 0 Å². The van der Waals surface area contributed by atoms with E-state index in [1.807, 2.05) is 18.3 Å². The van der Waals surface area contributed by atoms with Crippen LogP contribution in [-0.2, 0) is 4.79 Å². The zero-order chi connectivity index (χ0) is 15.9. The largest absolute Gasteiger partial charge is 0.353 e. The minimum Gasteiger partial charge on any atom is -0.353 e. The Kier molecular flexibility index (Phi) is 6.99. The van der Waals surface area contributed by atoms with Crippen LogP contribution in [0.15, 0.2) is 22.8 Å². The molecule has 5 nitrogen and oxygen atoms in total. The Balaban J connectivity index is 0.00000113. The second-order valence-electron chi connectivity index (χ2n) is 7.02. The molecule has 1 atom stereocenters. The van der Waals surface area contributed by atoms with Crippen molar-refractivity contribution in [2.45, 2.75) is 19.3 Å². The van der Waals surface area contributed by atoms with Gasteiger partial charge < -0.3 is 15.1 Å². The minimum atomic E-state index is 0. The summed E-state index contributed by atoms with van der Waals surface area (Å²) in [5, 5.41) is 3.41. The van der Waals surface area contributed by atoms with Crippen LogP contribution < -0.4 is 10.2 Å². The maximum absolute atomic E-state index is 12.8. The average molecular weight is 452 g/mol. The van der Waals surface area contributed by atoms with Crippen LogP contribution in [0.25, 0.3) is 0 Å². The maximum atomic E-state index is 12.8. The van der Waals surface area contributed by atoms with Gasteiger partial charge in [0.1, 0.15) is 5.82 Å². The number of nitrogens with zero attached hydrogens (tertiary/aromatic N) is 3. The normalized spacial score (nSPS) is 24.3. The van der Waals surface area contributed by atoms with Crippen molar-refractivity contribution in [3.05, 3.63) is 22.8 Å². The van der Waals surface area contributed by atoms with Crippen molar-refractivity contribution in [3.8, 4) is 0 Å². The summed E-state index contributed by atoms with van der Waals surface area (Å²) in [5.74, 6) is 1.69. The summed E-state index contributed by atoms with van der Waals surface area (Å²) in [4.78, 5) is 21.6. The van der Waals surface area contributed by atoms with Crippen molar-refractivity contribution >= 4 is 52.5 Å². The van der Waals surface area contributed by atoms with Gasteiger partial charge >= 0.3 is 0 Å². The molecule has 2 aliphatic heterocycles. The number of piperidine rings is 1. The van der Waals surface area contributed by atoms with Crippen molar-refractivity contribution in [2.75, 3.05) is 44.2 Å². The second kappa shape index (κ2) is 8.42. The first kappa shape index (κ1) is 20.7. The molecule has 1 saturated carbocycles. The summed E-state index contributed by atoms with van der Waals surface area (Å²) in [7, 11) is 0. The Morgan fingerprint density at radius 1 is 1.16 bits per heavy atom. The lowest BCUT2D eigenvalue weighted by Gasteiger charge is -2.36. The molecular weight excluding hydrogens is 427 g/mol. The number of halogens is 3. The molecule has 8 heteroatoms. The molecule has 1 amide bonds. The van der Waals surface area contributed by atoms with Crippen LogP contribution in [-0.4, -0.2) is 55.1 Å². The van der Waals surface area contributed by atoms with Crippen LogP contribution in [0, 0.1) is 11.3 Å². The van der Waals surface area contributed by atoms with Crippen molar-refractivity contribution in [2.24, 2.45) is 11.3 Å². The zero-order valence-electron chi connectivity index (χ0n) is 14.1. The number of hydrogen-bond acceptors (Lipinski definition) is 4. The number of pyridine rings is 1. The zero-order valence-corrected chi connectivity index (χ0v) is 17.3. The number of anilines is 1. The monoisotopic (exact) mass is 450 g/mol. The molecule has 25 heavy (non-hydrogen) atoms. The minimum absolute atomic E-state index is 0. The van der Waals surface area contributed by atoms with Crippen LogP contribution in [0.4, 0.5) is 5.82 Å². The SMILES string of the molecule is Cl.Cl.O=C(C1CC12CCNCC2)N1CCN(c2ccc(Br)cn2)CC1. The molecule has 1 aromatic rings. The van der Waals surface area contributed by atoms with Crippen molar-refractivity contribution < 1.29 is 4.79 Å². The molecule has 4 rings (SSSR count). The molecule has 0 bridgehead atoms. The van der Waals surface area contributed by atoms with Gasteiger partial charge in [0.15, 0.2) is 0 Å². The molecule has 0 aromatic carbocycles. The molecule has 1 unspecified atom stereocenters. The highest BCUT2D eigenvalue weighted by atomic mass is 79.9. The van der Waals surface area contributed by atoms with Crippen LogP contribution in [0.2, 0.25) is 0 Å². The number of hydrogen-bond donors (Lipinski definition) is 1. The van der Waals surface area contributed by atoms with E-state index in [2.05, 4.69) is 36.0 Å². The van der Waals surface area contributed by atoms with E-state index in [9.17, 15) is 4.79 Å². The highest BCUT2D eigenvalue weighted by molar-refractivity contribution is 9.10. The van der Waals surface area contributed by atoms with Crippen LogP contribution in [0.5, 0.6) is 0 Å². The van der Waals surface area contributed by atoms with Crippen LogP contribution in [0.1, 0.15) is 19.3 Å². The first-order chi connectivity index (χ1) is 11.2. The van der Waals surface area contributed by atoms with Gasteiger partial charge in [0, 0.05) is 42.8 Å². The van der Waals surface area contributed by atoms with E-state index in [4.69, 9.17) is 0 Å². The summed E-state index contributed by atoms with van der Waals surface area (Å²) in [6, 6.07) is 4.05. The first-order valence-electron chi connectivity index (χ1n) is 8.54. The van der Waals surface area contributed by atoms with Gasteiger partial charge in [-0.15, -0.1) is 24.8 Å². The lowest BCUT2D eigenvalue weighted by molar-refractivity contribution is -0.133. The highest BCUT2D eigenvalue weighted by Crippen LogP contribution is 2.59. The standard InChI is InChI=1S/C17H23BrN4O.2ClH/c18-13-1-2-15(20-12-13)21-7-9-22(10-8-21)16(23)14-11-17(14)3-5-19-6-4-17;;/h1-2,12,14,19H,3-11H2;2*1H. The lowest BCUT2D eigenvalue weighted by atomic mass is 9.91. The number of rotatable bonds is 2. The van der Waals surface area contributed by atoms with Gasteiger partial charge in [0.25, 0.3) is 0 Å². The van der Waals surface area contributed by atoms with Gasteiger partial charge in [-0.05, 0) is 65.8 Å². The Labute approximate surface area is 169 Å². The lowest BCUT2D eigenvalue weighted by Crippen LogP contribution is -2.50. The summed E-state index contributed by atoms with van der Waals surface area (Å²) in [6.45, 7) is 5.55. The number of piperazine rings is 1. The quantitative estimate of drug-likeness (QED) is 0.750. The Morgan fingerprint density at radius 2 is 1.84 bits per heavy atom. The van der Waals surface area contributed by atoms with Gasteiger partial charge in [-0.25, -0.2) is 4.98 Å². The third-order valence-electron chi connectivity index (χ3n) is 5.71. The summed E-state index contributed by atoms with van der Waals surface area (Å²) in [5.41, 5.74) is 0.340. The van der Waals surface area contributed by atoms with Crippen LogP contribution in [0.3, 0.4) is 0 Å². The number of carbonyl (C=O) groups is 1. The molecule has 1 N–H and O–H groups in total. The Bertz CT molecular complexity index is 587. The first-order valence-corrected chi connectivity index (χ1v) is 9.33. The Morgan fingerprint density at radius 3 is 2.44 bits per heavy atom. The topological polar surface area (TPSA) is 48.5 Å². The fourth-order valence-corrected chi connectivity index (χ4v) is 4.34. The van der Waals surface area contributed by atoms with E-state index >= 15 is 0 Å². The van der Waals surface area contributed by atoms with Gasteiger partial charge in [0.2, 0.25) is 5.91 Å². The molecule has 1 aliphatic carbocycles. The predicted octanol–water partition coefficient (Wildman–Crippen LogP) is 2.73. The molecule has 140 valence electrons. The smallest absolute Gasteiger partial charge is 0.226 e. The van der Waals surface area contributed by atoms with Gasteiger partial charge in [0.05, 0.1) is 0 Å². The molecular formula is C17H25BrCl2N4O.